The van der Waals surface area contributed by atoms with Gasteiger partial charge in [0.2, 0.25) is 0 Å². The molecule has 5 nitrogen and oxygen atoms in total. The van der Waals surface area contributed by atoms with Crippen molar-refractivity contribution in [2.45, 2.75) is 26.4 Å². The largest absolute Gasteiger partial charge is 0.493 e. The second-order valence-corrected chi connectivity index (χ2v) is 8.43. The Morgan fingerprint density at radius 2 is 1.87 bits per heavy atom. The molecule has 2 aromatic carbocycles. The molecule has 2 N–H and O–H groups in total. The van der Waals surface area contributed by atoms with Crippen LogP contribution in [-0.4, -0.2) is 56.7 Å². The van der Waals surface area contributed by atoms with E-state index in [0.29, 0.717) is 19.6 Å². The topological polar surface area (TPSA) is 38.4 Å². The molecule has 6 heteroatoms. The van der Waals surface area contributed by atoms with Crippen LogP contribution >= 0.6 is 0 Å². The number of hydrogen-bond acceptors (Lipinski definition) is 2. The number of rotatable bonds is 7. The molecule has 0 bridgehead atoms. The smallest absolute Gasteiger partial charge is 0.278 e. The molecule has 160 valence electrons. The van der Waals surface area contributed by atoms with E-state index in [0.717, 1.165) is 57.1 Å². The average Bonchev–Trinajstić information content (AvgIpc) is 3.21. The highest BCUT2D eigenvalue weighted by Gasteiger charge is 2.27. The average molecular weight is 414 g/mol. The molecule has 4 rings (SSSR count). The predicted molar refractivity (Wildman–Crippen MR) is 113 cm³/mol. The van der Waals surface area contributed by atoms with E-state index in [4.69, 9.17) is 4.74 Å². The first kappa shape index (κ1) is 20.8. The second kappa shape index (κ2) is 9.58. The standard InChI is InChI=1S/C24H30FN3O2/c1-2-28(17-19-4-3-5-22(25)15-19)24(29)18-27-11-9-26(10-12-27)16-20-6-7-23-21(14-20)8-13-30-23/h3-7,14-15H,2,8-13,16-18H2,1H3/p+2. The van der Waals surface area contributed by atoms with E-state index in [1.54, 1.807) is 11.0 Å². The zero-order valence-corrected chi connectivity index (χ0v) is 17.8. The number of likely N-dealkylation sites (N-methyl/N-ethyl adjacent to an activating group) is 1. The van der Waals surface area contributed by atoms with Gasteiger partial charge in [0, 0.05) is 25.1 Å². The predicted octanol–water partition coefficient (Wildman–Crippen LogP) is 0.0927. The Morgan fingerprint density at radius 1 is 1.07 bits per heavy atom. The van der Waals surface area contributed by atoms with Gasteiger partial charge in [-0.05, 0) is 48.4 Å². The van der Waals surface area contributed by atoms with Crippen molar-refractivity contribution in [2.24, 2.45) is 0 Å². The monoisotopic (exact) mass is 413 g/mol. The number of halogens is 1. The lowest BCUT2D eigenvalue weighted by atomic mass is 10.1. The molecule has 2 aliphatic rings. The third-order valence-electron chi connectivity index (χ3n) is 6.27. The molecule has 0 unspecified atom stereocenters. The summed E-state index contributed by atoms with van der Waals surface area (Å²) in [6, 6.07) is 13.1. The number of nitrogens with zero attached hydrogens (tertiary/aromatic N) is 1. The molecule has 2 aliphatic heterocycles. The Bertz CT molecular complexity index is 881. The summed E-state index contributed by atoms with van der Waals surface area (Å²) in [6.45, 7) is 9.62. The minimum absolute atomic E-state index is 0.152. The van der Waals surface area contributed by atoms with Crippen LogP contribution in [0, 0.1) is 5.82 Å². The molecule has 0 radical (unpaired) electrons. The van der Waals surface area contributed by atoms with E-state index in [1.165, 1.54) is 28.2 Å². The number of benzene rings is 2. The summed E-state index contributed by atoms with van der Waals surface area (Å²) < 4.78 is 19.0. The summed E-state index contributed by atoms with van der Waals surface area (Å²) in [5.41, 5.74) is 3.55. The molecule has 0 atom stereocenters. The Hall–Kier alpha value is -2.44. The van der Waals surface area contributed by atoms with Crippen molar-refractivity contribution in [3.8, 4) is 5.75 Å². The van der Waals surface area contributed by atoms with Crippen molar-refractivity contribution < 1.29 is 23.7 Å². The first-order valence-electron chi connectivity index (χ1n) is 11.0. The van der Waals surface area contributed by atoms with E-state index >= 15 is 0 Å². The molecule has 0 saturated carbocycles. The van der Waals surface area contributed by atoms with E-state index in [9.17, 15) is 9.18 Å². The molecular weight excluding hydrogens is 381 g/mol. The van der Waals surface area contributed by atoms with Gasteiger partial charge in [-0.1, -0.05) is 12.1 Å². The molecule has 1 fully saturated rings. The van der Waals surface area contributed by atoms with Crippen LogP contribution in [0.15, 0.2) is 42.5 Å². The quantitative estimate of drug-likeness (QED) is 0.676. The molecule has 30 heavy (non-hydrogen) atoms. The molecular formula is C24H32FN3O2+2. The maximum atomic E-state index is 13.4. The van der Waals surface area contributed by atoms with Gasteiger partial charge in [-0.2, -0.15) is 0 Å². The maximum absolute atomic E-state index is 13.4. The highest BCUT2D eigenvalue weighted by atomic mass is 19.1. The zero-order valence-electron chi connectivity index (χ0n) is 17.8. The zero-order chi connectivity index (χ0) is 20.9. The fraction of sp³-hybridized carbons (Fsp3) is 0.458. The normalized spacial score (nSPS) is 20.5. The van der Waals surface area contributed by atoms with Gasteiger partial charge in [0.25, 0.3) is 5.91 Å². The lowest BCUT2D eigenvalue weighted by Crippen LogP contribution is -3.28. The lowest BCUT2D eigenvalue weighted by Gasteiger charge is -2.31. The van der Waals surface area contributed by atoms with Gasteiger partial charge in [0.05, 0.1) is 6.61 Å². The Balaban J connectivity index is 1.25. The van der Waals surface area contributed by atoms with Gasteiger partial charge in [0.15, 0.2) is 6.54 Å². The molecule has 1 saturated heterocycles. The number of ether oxygens (including phenoxy) is 1. The SMILES string of the molecule is CCN(Cc1cccc(F)c1)C(=O)C[NH+]1CC[NH+](Cc2ccc3c(c2)CCO3)CC1. The van der Waals surface area contributed by atoms with Crippen molar-refractivity contribution in [1.29, 1.82) is 0 Å². The summed E-state index contributed by atoms with van der Waals surface area (Å²) >= 11 is 0. The van der Waals surface area contributed by atoms with Gasteiger partial charge < -0.3 is 19.4 Å². The van der Waals surface area contributed by atoms with Crippen LogP contribution in [0.2, 0.25) is 0 Å². The fourth-order valence-corrected chi connectivity index (χ4v) is 4.51. The minimum atomic E-state index is -0.253. The van der Waals surface area contributed by atoms with Crippen LogP contribution in [0.4, 0.5) is 4.39 Å². The molecule has 2 aromatic rings. The summed E-state index contributed by atoms with van der Waals surface area (Å²) in [4.78, 5) is 17.6. The number of piperazine rings is 1. The van der Waals surface area contributed by atoms with Crippen LogP contribution < -0.4 is 14.5 Å². The second-order valence-electron chi connectivity index (χ2n) is 8.43. The molecule has 0 aliphatic carbocycles. The number of fused-ring (bicyclic) bond motifs is 1. The highest BCUT2D eigenvalue weighted by Crippen LogP contribution is 2.25. The highest BCUT2D eigenvalue weighted by molar-refractivity contribution is 5.77. The summed E-state index contributed by atoms with van der Waals surface area (Å²) in [6.07, 6.45) is 1.02. The first-order valence-corrected chi connectivity index (χ1v) is 11.0. The van der Waals surface area contributed by atoms with Crippen LogP contribution in [0.5, 0.6) is 5.75 Å². The summed E-state index contributed by atoms with van der Waals surface area (Å²) in [5, 5.41) is 0. The van der Waals surface area contributed by atoms with Gasteiger partial charge >= 0.3 is 0 Å². The van der Waals surface area contributed by atoms with Crippen LogP contribution in [0.1, 0.15) is 23.6 Å². The van der Waals surface area contributed by atoms with Gasteiger partial charge in [-0.25, -0.2) is 4.39 Å². The number of hydrogen-bond donors (Lipinski definition) is 2. The molecule has 1 amide bonds. The summed E-state index contributed by atoms with van der Waals surface area (Å²) in [7, 11) is 0. The minimum Gasteiger partial charge on any atom is -0.493 e. The van der Waals surface area contributed by atoms with Crippen molar-refractivity contribution in [2.75, 3.05) is 45.9 Å². The van der Waals surface area contributed by atoms with E-state index in [1.807, 2.05) is 17.9 Å². The van der Waals surface area contributed by atoms with Gasteiger partial charge in [-0.15, -0.1) is 0 Å². The summed E-state index contributed by atoms with van der Waals surface area (Å²) in [5.74, 6) is 0.940. The van der Waals surface area contributed by atoms with Crippen molar-refractivity contribution >= 4 is 5.91 Å². The van der Waals surface area contributed by atoms with Gasteiger partial charge in [0.1, 0.15) is 44.3 Å². The van der Waals surface area contributed by atoms with Crippen LogP contribution in [0.3, 0.4) is 0 Å². The van der Waals surface area contributed by atoms with Crippen molar-refractivity contribution in [3.63, 3.8) is 0 Å². The number of quaternary nitrogens is 2. The van der Waals surface area contributed by atoms with E-state index in [2.05, 4.69) is 18.2 Å². The third-order valence-corrected chi connectivity index (χ3v) is 6.27. The Morgan fingerprint density at radius 3 is 2.63 bits per heavy atom. The van der Waals surface area contributed by atoms with Crippen molar-refractivity contribution in [3.05, 3.63) is 65.0 Å². The van der Waals surface area contributed by atoms with E-state index in [-0.39, 0.29) is 11.7 Å². The molecule has 0 aromatic heterocycles. The van der Waals surface area contributed by atoms with Gasteiger partial charge in [-0.3, -0.25) is 4.79 Å². The number of nitrogens with one attached hydrogen (secondary N) is 2. The third kappa shape index (κ3) is 5.18. The maximum Gasteiger partial charge on any atom is 0.278 e. The fourth-order valence-electron chi connectivity index (χ4n) is 4.51. The van der Waals surface area contributed by atoms with Crippen LogP contribution in [-0.2, 0) is 24.3 Å². The Kier molecular flexibility index (Phi) is 6.65. The first-order chi connectivity index (χ1) is 14.6. The van der Waals surface area contributed by atoms with Crippen molar-refractivity contribution in [1.82, 2.24) is 4.90 Å². The molecule has 0 spiro atoms. The number of carbonyl (C=O) groups is 1. The van der Waals surface area contributed by atoms with Crippen LogP contribution in [0.25, 0.3) is 0 Å². The van der Waals surface area contributed by atoms with E-state index < -0.39 is 0 Å². The number of carbonyl (C=O) groups excluding carboxylic acids is 1. The number of amides is 1. The Labute approximate surface area is 178 Å². The molecule has 2 heterocycles. The lowest BCUT2D eigenvalue weighted by molar-refractivity contribution is -1.02.